The number of rotatable bonds is 3. The lowest BCUT2D eigenvalue weighted by atomic mass is 9.88. The molecule has 1 fully saturated rings. The van der Waals surface area contributed by atoms with Crippen molar-refractivity contribution >= 4 is 0 Å². The van der Waals surface area contributed by atoms with E-state index < -0.39 is 0 Å². The summed E-state index contributed by atoms with van der Waals surface area (Å²) >= 11 is 0. The molecule has 1 aliphatic heterocycles. The fraction of sp³-hybridized carbons (Fsp3) is 1.00. The van der Waals surface area contributed by atoms with Crippen LogP contribution in [0, 0.1) is 11.8 Å². The lowest BCUT2D eigenvalue weighted by Crippen LogP contribution is -2.34. The van der Waals surface area contributed by atoms with E-state index in [0.29, 0.717) is 11.8 Å². The first-order chi connectivity index (χ1) is 5.70. The molecule has 1 atom stereocenters. The minimum Gasteiger partial charge on any atom is -0.393 e. The highest BCUT2D eigenvalue weighted by atomic mass is 16.3. The lowest BCUT2D eigenvalue weighted by molar-refractivity contribution is 0.0701. The number of hydrogen-bond acceptors (Lipinski definition) is 2. The van der Waals surface area contributed by atoms with E-state index in [0.717, 1.165) is 32.4 Å². The molecule has 0 saturated carbocycles. The van der Waals surface area contributed by atoms with Crippen LogP contribution in [0.3, 0.4) is 0 Å². The molecule has 2 N–H and O–H groups in total. The van der Waals surface area contributed by atoms with Crippen molar-refractivity contribution in [3.05, 3.63) is 0 Å². The van der Waals surface area contributed by atoms with E-state index >= 15 is 0 Å². The van der Waals surface area contributed by atoms with Crippen molar-refractivity contribution < 1.29 is 5.11 Å². The van der Waals surface area contributed by atoms with Gasteiger partial charge >= 0.3 is 0 Å². The van der Waals surface area contributed by atoms with Gasteiger partial charge in [-0.05, 0) is 44.2 Å². The molecule has 0 bridgehead atoms. The predicted molar refractivity (Wildman–Crippen MR) is 51.1 cm³/mol. The summed E-state index contributed by atoms with van der Waals surface area (Å²) in [6, 6.07) is 0. The van der Waals surface area contributed by atoms with Crippen LogP contribution in [-0.2, 0) is 0 Å². The molecular formula is C10H21NO. The highest BCUT2D eigenvalue weighted by molar-refractivity contribution is 4.75. The maximum atomic E-state index is 9.82. The zero-order valence-electron chi connectivity index (χ0n) is 8.21. The van der Waals surface area contributed by atoms with Crippen molar-refractivity contribution in [2.75, 3.05) is 13.1 Å². The first kappa shape index (κ1) is 10.0. The molecule has 12 heavy (non-hydrogen) atoms. The summed E-state index contributed by atoms with van der Waals surface area (Å²) in [5, 5.41) is 13.1. The first-order valence-corrected chi connectivity index (χ1v) is 5.09. The zero-order valence-corrected chi connectivity index (χ0v) is 8.21. The molecule has 1 aliphatic rings. The van der Waals surface area contributed by atoms with E-state index in [1.807, 2.05) is 0 Å². The molecule has 0 spiro atoms. The largest absolute Gasteiger partial charge is 0.393 e. The summed E-state index contributed by atoms with van der Waals surface area (Å²) in [5.74, 6) is 1.17. The summed E-state index contributed by atoms with van der Waals surface area (Å²) < 4.78 is 0. The summed E-state index contributed by atoms with van der Waals surface area (Å²) in [7, 11) is 0. The normalized spacial score (nSPS) is 23.0. The molecule has 0 amide bonds. The third-order valence-corrected chi connectivity index (χ3v) is 2.64. The standard InChI is InChI=1S/C10H21NO/c1-8(2)7-10(12)9-3-5-11-6-4-9/h8-12H,3-7H2,1-2H3/t10-/m1/s1. The maximum Gasteiger partial charge on any atom is 0.0571 e. The Balaban J connectivity index is 2.24. The Hall–Kier alpha value is -0.0800. The van der Waals surface area contributed by atoms with E-state index in [2.05, 4.69) is 19.2 Å². The fourth-order valence-electron chi connectivity index (χ4n) is 1.90. The van der Waals surface area contributed by atoms with Gasteiger partial charge in [-0.3, -0.25) is 0 Å². The van der Waals surface area contributed by atoms with Gasteiger partial charge in [0.1, 0.15) is 0 Å². The molecule has 0 aromatic heterocycles. The monoisotopic (exact) mass is 171 g/mol. The van der Waals surface area contributed by atoms with Crippen molar-refractivity contribution in [3.63, 3.8) is 0 Å². The average molecular weight is 171 g/mol. The summed E-state index contributed by atoms with van der Waals surface area (Å²) in [5.41, 5.74) is 0. The van der Waals surface area contributed by atoms with Crippen molar-refractivity contribution in [1.82, 2.24) is 5.32 Å². The minimum atomic E-state index is -0.0629. The van der Waals surface area contributed by atoms with Gasteiger partial charge in [0.15, 0.2) is 0 Å². The van der Waals surface area contributed by atoms with Crippen molar-refractivity contribution in [1.29, 1.82) is 0 Å². The highest BCUT2D eigenvalue weighted by Crippen LogP contribution is 2.21. The van der Waals surface area contributed by atoms with E-state index in [1.165, 1.54) is 0 Å². The third-order valence-electron chi connectivity index (χ3n) is 2.64. The van der Waals surface area contributed by atoms with Crippen LogP contribution in [0.1, 0.15) is 33.1 Å². The second-order valence-electron chi connectivity index (χ2n) is 4.28. The molecular weight excluding hydrogens is 150 g/mol. The number of aliphatic hydroxyl groups is 1. The van der Waals surface area contributed by atoms with Crippen LogP contribution in [0.15, 0.2) is 0 Å². The second-order valence-corrected chi connectivity index (χ2v) is 4.28. The van der Waals surface area contributed by atoms with Gasteiger partial charge in [-0.25, -0.2) is 0 Å². The van der Waals surface area contributed by atoms with Gasteiger partial charge in [0.25, 0.3) is 0 Å². The Morgan fingerprint density at radius 2 is 1.92 bits per heavy atom. The fourth-order valence-corrected chi connectivity index (χ4v) is 1.90. The SMILES string of the molecule is CC(C)C[C@@H](O)C1CCNCC1. The van der Waals surface area contributed by atoms with Gasteiger partial charge in [-0.15, -0.1) is 0 Å². The van der Waals surface area contributed by atoms with Gasteiger partial charge in [0, 0.05) is 0 Å². The summed E-state index contributed by atoms with van der Waals surface area (Å²) in [4.78, 5) is 0. The second kappa shape index (κ2) is 4.83. The molecule has 72 valence electrons. The van der Waals surface area contributed by atoms with Crippen LogP contribution >= 0.6 is 0 Å². The predicted octanol–water partition coefficient (Wildman–Crippen LogP) is 1.39. The van der Waals surface area contributed by atoms with Gasteiger partial charge in [0.05, 0.1) is 6.10 Å². The number of aliphatic hydroxyl groups excluding tert-OH is 1. The Kier molecular flexibility index (Phi) is 4.02. The van der Waals surface area contributed by atoms with Crippen LogP contribution in [-0.4, -0.2) is 24.3 Å². The quantitative estimate of drug-likeness (QED) is 0.672. The molecule has 0 aromatic rings. The molecule has 2 nitrogen and oxygen atoms in total. The van der Waals surface area contributed by atoms with E-state index in [1.54, 1.807) is 0 Å². The van der Waals surface area contributed by atoms with Crippen LogP contribution in [0.5, 0.6) is 0 Å². The Morgan fingerprint density at radius 1 is 1.33 bits per heavy atom. The third kappa shape index (κ3) is 3.11. The molecule has 0 unspecified atom stereocenters. The molecule has 0 radical (unpaired) electrons. The summed E-state index contributed by atoms with van der Waals surface area (Å²) in [6.45, 7) is 6.51. The molecule has 0 aliphatic carbocycles. The maximum absolute atomic E-state index is 9.82. The van der Waals surface area contributed by atoms with E-state index in [9.17, 15) is 5.11 Å². The Morgan fingerprint density at radius 3 is 2.42 bits per heavy atom. The average Bonchev–Trinajstić information content (AvgIpc) is 2.05. The number of hydrogen-bond donors (Lipinski definition) is 2. The Bertz CT molecular complexity index is 119. The Labute approximate surface area is 75.4 Å². The topological polar surface area (TPSA) is 32.3 Å². The van der Waals surface area contributed by atoms with Gasteiger partial charge in [0.2, 0.25) is 0 Å². The van der Waals surface area contributed by atoms with Crippen LogP contribution in [0.25, 0.3) is 0 Å². The van der Waals surface area contributed by atoms with Gasteiger partial charge in [-0.2, -0.15) is 0 Å². The van der Waals surface area contributed by atoms with Crippen molar-refractivity contribution in [2.24, 2.45) is 11.8 Å². The summed E-state index contributed by atoms with van der Waals surface area (Å²) in [6.07, 6.45) is 3.19. The van der Waals surface area contributed by atoms with E-state index in [-0.39, 0.29) is 6.10 Å². The first-order valence-electron chi connectivity index (χ1n) is 5.09. The van der Waals surface area contributed by atoms with Crippen LogP contribution < -0.4 is 5.32 Å². The van der Waals surface area contributed by atoms with E-state index in [4.69, 9.17) is 0 Å². The van der Waals surface area contributed by atoms with Crippen LogP contribution in [0.4, 0.5) is 0 Å². The van der Waals surface area contributed by atoms with Crippen LogP contribution in [0.2, 0.25) is 0 Å². The molecule has 1 rings (SSSR count). The smallest absolute Gasteiger partial charge is 0.0571 e. The molecule has 0 aromatic carbocycles. The number of piperidine rings is 1. The van der Waals surface area contributed by atoms with Crippen molar-refractivity contribution in [3.8, 4) is 0 Å². The lowest BCUT2D eigenvalue weighted by Gasteiger charge is -2.28. The zero-order chi connectivity index (χ0) is 8.97. The van der Waals surface area contributed by atoms with Gasteiger partial charge in [-0.1, -0.05) is 13.8 Å². The van der Waals surface area contributed by atoms with Gasteiger partial charge < -0.3 is 10.4 Å². The highest BCUT2D eigenvalue weighted by Gasteiger charge is 2.21. The van der Waals surface area contributed by atoms with Crippen molar-refractivity contribution in [2.45, 2.75) is 39.2 Å². The molecule has 1 heterocycles. The number of nitrogens with one attached hydrogen (secondary N) is 1. The minimum absolute atomic E-state index is 0.0629. The molecule has 1 saturated heterocycles. The molecule has 2 heteroatoms.